The Morgan fingerprint density at radius 2 is 1.50 bits per heavy atom. The van der Waals surface area contributed by atoms with E-state index in [9.17, 15) is 0 Å². The van der Waals surface area contributed by atoms with E-state index >= 15 is 0 Å². The number of benzene rings is 3. The van der Waals surface area contributed by atoms with Crippen LogP contribution in [-0.2, 0) is 0 Å². The number of para-hydroxylation sites is 1. The van der Waals surface area contributed by atoms with Crippen molar-refractivity contribution in [2.75, 3.05) is 12.4 Å². The van der Waals surface area contributed by atoms with Gasteiger partial charge in [0.1, 0.15) is 5.75 Å². The molecule has 0 N–H and O–H groups in total. The fourth-order valence-electron chi connectivity index (χ4n) is 2.87. The highest BCUT2D eigenvalue weighted by Gasteiger charge is 2.15. The lowest BCUT2D eigenvalue weighted by Gasteiger charge is -2.10. The van der Waals surface area contributed by atoms with Gasteiger partial charge in [-0.1, -0.05) is 78.0 Å². The summed E-state index contributed by atoms with van der Waals surface area (Å²) in [5.74, 6) is 2.52. The van der Waals surface area contributed by atoms with Gasteiger partial charge in [0, 0.05) is 17.0 Å². The molecule has 0 fully saturated rings. The molecule has 4 rings (SSSR count). The molecule has 0 atom stereocenters. The molecule has 0 aliphatic rings. The molecule has 4 aromatic rings. The zero-order chi connectivity index (χ0) is 19.2. The van der Waals surface area contributed by atoms with Crippen molar-refractivity contribution in [1.29, 1.82) is 0 Å². The lowest BCUT2D eigenvalue weighted by atomic mass is 10.2. The Bertz CT molecular complexity index is 1010. The second-order valence-corrected chi connectivity index (χ2v) is 7.42. The summed E-state index contributed by atoms with van der Waals surface area (Å²) < 4.78 is 7.94. The summed E-state index contributed by atoms with van der Waals surface area (Å²) in [4.78, 5) is 0. The number of rotatable bonds is 7. The minimum atomic E-state index is 0.607. The first-order valence-electron chi connectivity index (χ1n) is 9.20. The van der Waals surface area contributed by atoms with Gasteiger partial charge in [0.2, 0.25) is 0 Å². The van der Waals surface area contributed by atoms with Gasteiger partial charge in [0.15, 0.2) is 11.0 Å². The molecular weight excluding hydrogens is 366 g/mol. The molecule has 5 heteroatoms. The van der Waals surface area contributed by atoms with E-state index in [0.717, 1.165) is 33.7 Å². The van der Waals surface area contributed by atoms with Gasteiger partial charge in [-0.3, -0.25) is 4.57 Å². The van der Waals surface area contributed by atoms with Crippen LogP contribution in [0.5, 0.6) is 5.75 Å². The summed E-state index contributed by atoms with van der Waals surface area (Å²) in [6.45, 7) is 2.68. The highest BCUT2D eigenvalue weighted by atomic mass is 32.2. The maximum absolute atomic E-state index is 5.84. The molecule has 0 aliphatic carbocycles. The number of hydrogen-bond donors (Lipinski definition) is 0. The standard InChI is InChI=1S/C23H21N3OS/c1-18-12-14-21(15-13-18)27-16-17-28-23-25-24-22(19-8-4-2-5-9-19)26(23)20-10-6-3-7-11-20/h2-15H,16-17H2,1H3. The number of thioether (sulfide) groups is 1. The first kappa shape index (κ1) is 18.3. The van der Waals surface area contributed by atoms with Crippen LogP contribution in [0.1, 0.15) is 5.56 Å². The molecule has 0 saturated heterocycles. The van der Waals surface area contributed by atoms with Crippen LogP contribution in [0.2, 0.25) is 0 Å². The summed E-state index contributed by atoms with van der Waals surface area (Å²) in [5.41, 5.74) is 3.32. The topological polar surface area (TPSA) is 39.9 Å². The van der Waals surface area contributed by atoms with Gasteiger partial charge in [0.25, 0.3) is 0 Å². The Morgan fingerprint density at radius 3 is 2.21 bits per heavy atom. The van der Waals surface area contributed by atoms with E-state index in [1.807, 2.05) is 48.5 Å². The molecule has 3 aromatic carbocycles. The van der Waals surface area contributed by atoms with Crippen molar-refractivity contribution in [2.45, 2.75) is 12.1 Å². The molecule has 1 heterocycles. The molecular formula is C23H21N3OS. The minimum absolute atomic E-state index is 0.607. The number of ether oxygens (including phenoxy) is 1. The van der Waals surface area contributed by atoms with E-state index in [-0.39, 0.29) is 0 Å². The summed E-state index contributed by atoms with van der Waals surface area (Å²) in [6, 6.07) is 28.5. The quantitative estimate of drug-likeness (QED) is 0.314. The molecule has 0 bridgehead atoms. The lowest BCUT2D eigenvalue weighted by Crippen LogP contribution is -2.03. The van der Waals surface area contributed by atoms with Crippen LogP contribution in [0.25, 0.3) is 17.1 Å². The SMILES string of the molecule is Cc1ccc(OCCSc2nnc(-c3ccccc3)n2-c2ccccc2)cc1. The molecule has 0 radical (unpaired) electrons. The summed E-state index contributed by atoms with van der Waals surface area (Å²) >= 11 is 1.64. The first-order chi connectivity index (χ1) is 13.8. The fraction of sp³-hybridized carbons (Fsp3) is 0.130. The van der Waals surface area contributed by atoms with Gasteiger partial charge in [-0.2, -0.15) is 0 Å². The van der Waals surface area contributed by atoms with Crippen LogP contribution >= 0.6 is 11.8 Å². The summed E-state index contributed by atoms with van der Waals surface area (Å²) in [5, 5.41) is 9.76. The Morgan fingerprint density at radius 1 is 0.821 bits per heavy atom. The zero-order valence-electron chi connectivity index (χ0n) is 15.7. The molecule has 1 aromatic heterocycles. The van der Waals surface area contributed by atoms with Gasteiger partial charge in [0.05, 0.1) is 6.61 Å². The third kappa shape index (κ3) is 4.26. The fourth-order valence-corrected chi connectivity index (χ4v) is 3.64. The van der Waals surface area contributed by atoms with Gasteiger partial charge >= 0.3 is 0 Å². The number of nitrogens with zero attached hydrogens (tertiary/aromatic N) is 3. The summed E-state index contributed by atoms with van der Waals surface area (Å²) in [7, 11) is 0. The molecule has 28 heavy (non-hydrogen) atoms. The number of aryl methyl sites for hydroxylation is 1. The summed E-state index contributed by atoms with van der Waals surface area (Å²) in [6.07, 6.45) is 0. The van der Waals surface area contributed by atoms with E-state index in [1.165, 1.54) is 5.56 Å². The van der Waals surface area contributed by atoms with E-state index in [0.29, 0.717) is 6.61 Å². The highest BCUT2D eigenvalue weighted by molar-refractivity contribution is 7.99. The van der Waals surface area contributed by atoms with Crippen LogP contribution < -0.4 is 4.74 Å². The van der Waals surface area contributed by atoms with Crippen molar-refractivity contribution in [2.24, 2.45) is 0 Å². The lowest BCUT2D eigenvalue weighted by molar-refractivity contribution is 0.344. The molecule has 0 spiro atoms. The second-order valence-electron chi connectivity index (χ2n) is 6.35. The molecule has 0 saturated carbocycles. The predicted molar refractivity (Wildman–Crippen MR) is 114 cm³/mol. The molecule has 0 unspecified atom stereocenters. The van der Waals surface area contributed by atoms with Gasteiger partial charge < -0.3 is 4.74 Å². The number of aromatic nitrogens is 3. The van der Waals surface area contributed by atoms with Crippen LogP contribution in [0, 0.1) is 6.92 Å². The smallest absolute Gasteiger partial charge is 0.196 e. The Kier molecular flexibility index (Phi) is 5.73. The maximum atomic E-state index is 5.84. The van der Waals surface area contributed by atoms with Crippen LogP contribution in [0.15, 0.2) is 90.1 Å². The Balaban J connectivity index is 1.52. The number of hydrogen-bond acceptors (Lipinski definition) is 4. The average molecular weight is 388 g/mol. The van der Waals surface area contributed by atoms with Gasteiger partial charge in [-0.15, -0.1) is 10.2 Å². The van der Waals surface area contributed by atoms with E-state index in [2.05, 4.69) is 58.1 Å². The van der Waals surface area contributed by atoms with Crippen molar-refractivity contribution in [3.63, 3.8) is 0 Å². The first-order valence-corrected chi connectivity index (χ1v) is 10.2. The third-order valence-electron chi connectivity index (χ3n) is 4.28. The molecule has 4 nitrogen and oxygen atoms in total. The van der Waals surface area contributed by atoms with Crippen molar-refractivity contribution in [3.05, 3.63) is 90.5 Å². The van der Waals surface area contributed by atoms with Crippen LogP contribution in [0.4, 0.5) is 0 Å². The van der Waals surface area contributed by atoms with Gasteiger partial charge in [-0.25, -0.2) is 0 Å². The average Bonchev–Trinajstić information content (AvgIpc) is 3.18. The van der Waals surface area contributed by atoms with Crippen molar-refractivity contribution in [1.82, 2.24) is 14.8 Å². The normalized spacial score (nSPS) is 10.8. The zero-order valence-corrected chi connectivity index (χ0v) is 16.5. The van der Waals surface area contributed by atoms with Crippen molar-refractivity contribution >= 4 is 11.8 Å². The molecule has 0 aliphatic heterocycles. The highest BCUT2D eigenvalue weighted by Crippen LogP contribution is 2.27. The van der Waals surface area contributed by atoms with E-state index in [1.54, 1.807) is 11.8 Å². The Hall–Kier alpha value is -3.05. The van der Waals surface area contributed by atoms with Crippen LogP contribution in [0.3, 0.4) is 0 Å². The molecule has 0 amide bonds. The predicted octanol–water partition coefficient (Wildman–Crippen LogP) is 5.41. The van der Waals surface area contributed by atoms with Crippen molar-refractivity contribution < 1.29 is 4.74 Å². The second kappa shape index (κ2) is 8.76. The minimum Gasteiger partial charge on any atom is -0.493 e. The van der Waals surface area contributed by atoms with E-state index < -0.39 is 0 Å². The maximum Gasteiger partial charge on any atom is 0.196 e. The monoisotopic (exact) mass is 387 g/mol. The largest absolute Gasteiger partial charge is 0.493 e. The molecule has 140 valence electrons. The third-order valence-corrected chi connectivity index (χ3v) is 5.18. The van der Waals surface area contributed by atoms with Gasteiger partial charge in [-0.05, 0) is 31.2 Å². The van der Waals surface area contributed by atoms with E-state index in [4.69, 9.17) is 4.74 Å². The van der Waals surface area contributed by atoms with Crippen molar-refractivity contribution in [3.8, 4) is 22.8 Å². The van der Waals surface area contributed by atoms with Crippen LogP contribution in [-0.4, -0.2) is 27.1 Å². The Labute approximate surface area is 169 Å².